The molecule has 1 aliphatic heterocycles. The molecule has 1 amide bonds. The van der Waals surface area contributed by atoms with Crippen molar-refractivity contribution in [1.82, 2.24) is 14.9 Å². The first-order chi connectivity index (χ1) is 12.7. The van der Waals surface area contributed by atoms with Crippen LogP contribution >= 0.6 is 0 Å². The fourth-order valence-electron chi connectivity index (χ4n) is 3.63. The number of rotatable bonds is 4. The number of halogens is 2. The Morgan fingerprint density at radius 3 is 2.78 bits per heavy atom. The van der Waals surface area contributed by atoms with Gasteiger partial charge in [0.05, 0.1) is 17.9 Å². The lowest BCUT2D eigenvalue weighted by atomic mass is 9.92. The van der Waals surface area contributed by atoms with Crippen LogP contribution in [0.3, 0.4) is 0 Å². The van der Waals surface area contributed by atoms with Crippen molar-refractivity contribution in [1.29, 1.82) is 0 Å². The number of imidazole rings is 1. The summed E-state index contributed by atoms with van der Waals surface area (Å²) < 4.78 is 35.6. The standard InChI is InChI=1S/C19H23F2N3O3/c1-19(2,27-3)15-9-22-17-14(23-18(25)26)8-7-11(10-24(15)17)12-5-4-6-13(20)16(12)21/h4-6,9,11,14,23H,7-8,10H2,1-3H3,(H,25,26)/t11-,14-/m1/s1. The van der Waals surface area contributed by atoms with Crippen molar-refractivity contribution >= 4 is 6.09 Å². The van der Waals surface area contributed by atoms with E-state index in [0.717, 1.165) is 11.8 Å². The summed E-state index contributed by atoms with van der Waals surface area (Å²) >= 11 is 0. The quantitative estimate of drug-likeness (QED) is 0.844. The highest BCUT2D eigenvalue weighted by Gasteiger charge is 2.34. The first kappa shape index (κ1) is 19.3. The summed E-state index contributed by atoms with van der Waals surface area (Å²) in [5, 5.41) is 11.7. The van der Waals surface area contributed by atoms with Gasteiger partial charge in [-0.2, -0.15) is 0 Å². The number of carboxylic acid groups (broad SMARTS) is 1. The molecule has 0 saturated heterocycles. The highest BCUT2D eigenvalue weighted by atomic mass is 19.2. The normalized spacial score (nSPS) is 20.0. The molecule has 0 aliphatic carbocycles. The Bertz CT molecular complexity index is 851. The fourth-order valence-corrected chi connectivity index (χ4v) is 3.63. The van der Waals surface area contributed by atoms with Gasteiger partial charge in [-0.3, -0.25) is 0 Å². The Labute approximate surface area is 156 Å². The third kappa shape index (κ3) is 3.66. The van der Waals surface area contributed by atoms with Gasteiger partial charge in [0.1, 0.15) is 11.4 Å². The average molecular weight is 379 g/mol. The molecule has 2 atom stereocenters. The molecule has 3 rings (SSSR count). The van der Waals surface area contributed by atoms with E-state index in [9.17, 15) is 18.7 Å². The molecule has 2 heterocycles. The third-order valence-corrected chi connectivity index (χ3v) is 5.25. The number of hydrogen-bond donors (Lipinski definition) is 2. The zero-order valence-electron chi connectivity index (χ0n) is 15.5. The predicted molar refractivity (Wildman–Crippen MR) is 94.5 cm³/mol. The van der Waals surface area contributed by atoms with E-state index in [1.165, 1.54) is 6.07 Å². The van der Waals surface area contributed by atoms with Gasteiger partial charge in [-0.25, -0.2) is 18.6 Å². The number of aromatic nitrogens is 2. The maximum absolute atomic E-state index is 14.4. The van der Waals surface area contributed by atoms with Gasteiger partial charge in [-0.05, 0) is 38.3 Å². The number of nitrogens with one attached hydrogen (secondary N) is 1. The second-order valence-corrected chi connectivity index (χ2v) is 7.25. The third-order valence-electron chi connectivity index (χ3n) is 5.25. The molecule has 0 radical (unpaired) electrons. The van der Waals surface area contributed by atoms with Crippen LogP contribution in [0, 0.1) is 11.6 Å². The lowest BCUT2D eigenvalue weighted by Crippen LogP contribution is -2.29. The van der Waals surface area contributed by atoms with Crippen LogP contribution in [-0.4, -0.2) is 27.9 Å². The molecule has 2 N–H and O–H groups in total. The Morgan fingerprint density at radius 1 is 1.37 bits per heavy atom. The molecule has 6 nitrogen and oxygen atoms in total. The number of amides is 1. The number of nitrogens with zero attached hydrogens (tertiary/aromatic N) is 2. The van der Waals surface area contributed by atoms with Crippen LogP contribution in [0.2, 0.25) is 0 Å². The van der Waals surface area contributed by atoms with E-state index in [1.54, 1.807) is 19.4 Å². The lowest BCUT2D eigenvalue weighted by molar-refractivity contribution is 0.0120. The van der Waals surface area contributed by atoms with E-state index < -0.39 is 29.4 Å². The van der Waals surface area contributed by atoms with Crippen molar-refractivity contribution in [3.8, 4) is 0 Å². The van der Waals surface area contributed by atoms with Gasteiger partial charge >= 0.3 is 6.09 Å². The molecule has 8 heteroatoms. The molecule has 1 aliphatic rings. The molecular formula is C19H23F2N3O3. The van der Waals surface area contributed by atoms with Gasteiger partial charge in [0.2, 0.25) is 0 Å². The molecule has 0 unspecified atom stereocenters. The maximum Gasteiger partial charge on any atom is 0.405 e. The SMILES string of the molecule is COC(C)(C)c1cnc2n1C[C@H](c1cccc(F)c1F)CC[C@H]2NC(=O)O. The zero-order valence-corrected chi connectivity index (χ0v) is 15.5. The topological polar surface area (TPSA) is 76.4 Å². The summed E-state index contributed by atoms with van der Waals surface area (Å²) in [5.41, 5.74) is 0.363. The van der Waals surface area contributed by atoms with Crippen LogP contribution in [0.15, 0.2) is 24.4 Å². The number of ether oxygens (including phenoxy) is 1. The minimum Gasteiger partial charge on any atom is -0.465 e. The monoisotopic (exact) mass is 379 g/mol. The predicted octanol–water partition coefficient (Wildman–Crippen LogP) is 3.93. The molecule has 2 aromatic rings. The van der Waals surface area contributed by atoms with Gasteiger partial charge in [-0.1, -0.05) is 12.1 Å². The van der Waals surface area contributed by atoms with E-state index in [2.05, 4.69) is 10.3 Å². The van der Waals surface area contributed by atoms with Crippen LogP contribution in [0.4, 0.5) is 13.6 Å². The van der Waals surface area contributed by atoms with Gasteiger partial charge in [0, 0.05) is 19.6 Å². The molecule has 1 aromatic carbocycles. The van der Waals surface area contributed by atoms with Crippen LogP contribution < -0.4 is 5.32 Å². The Hall–Kier alpha value is -2.48. The summed E-state index contributed by atoms with van der Waals surface area (Å²) in [4.78, 5) is 15.6. The van der Waals surface area contributed by atoms with Crippen molar-refractivity contribution in [2.75, 3.05) is 7.11 Å². The Kier molecular flexibility index (Phi) is 5.19. The van der Waals surface area contributed by atoms with Crippen LogP contribution in [0.25, 0.3) is 0 Å². The average Bonchev–Trinajstić information content (AvgIpc) is 2.96. The molecule has 0 saturated carbocycles. The summed E-state index contributed by atoms with van der Waals surface area (Å²) in [5.74, 6) is -1.51. The Morgan fingerprint density at radius 2 is 2.11 bits per heavy atom. The van der Waals surface area contributed by atoms with Gasteiger partial charge in [0.25, 0.3) is 0 Å². The highest BCUT2D eigenvalue weighted by molar-refractivity contribution is 5.65. The maximum atomic E-state index is 14.4. The first-order valence-corrected chi connectivity index (χ1v) is 8.79. The molecule has 0 bridgehead atoms. The van der Waals surface area contributed by atoms with Gasteiger partial charge in [0.15, 0.2) is 11.6 Å². The van der Waals surface area contributed by atoms with Crippen LogP contribution in [0.5, 0.6) is 0 Å². The largest absolute Gasteiger partial charge is 0.465 e. The van der Waals surface area contributed by atoms with E-state index in [4.69, 9.17) is 4.74 Å². The molecule has 27 heavy (non-hydrogen) atoms. The van der Waals surface area contributed by atoms with E-state index in [0.29, 0.717) is 25.2 Å². The number of fused-ring (bicyclic) bond motifs is 1. The minimum absolute atomic E-state index is 0.284. The smallest absolute Gasteiger partial charge is 0.405 e. The van der Waals surface area contributed by atoms with Gasteiger partial charge < -0.3 is 19.7 Å². The van der Waals surface area contributed by atoms with Crippen LogP contribution in [0.1, 0.15) is 55.7 Å². The summed E-state index contributed by atoms with van der Waals surface area (Å²) in [6.07, 6.45) is 1.41. The summed E-state index contributed by atoms with van der Waals surface area (Å²) in [7, 11) is 1.58. The highest BCUT2D eigenvalue weighted by Crippen LogP contribution is 2.37. The molecule has 146 valence electrons. The second kappa shape index (κ2) is 7.26. The molecular weight excluding hydrogens is 356 g/mol. The van der Waals surface area contributed by atoms with Crippen LogP contribution in [-0.2, 0) is 16.9 Å². The molecule has 1 aromatic heterocycles. The number of methoxy groups -OCH3 is 1. The van der Waals surface area contributed by atoms with Crippen molar-refractivity contribution in [2.24, 2.45) is 0 Å². The summed E-state index contributed by atoms with van der Waals surface area (Å²) in [6, 6.07) is 3.61. The van der Waals surface area contributed by atoms with Gasteiger partial charge in [-0.15, -0.1) is 0 Å². The minimum atomic E-state index is -1.16. The second-order valence-electron chi connectivity index (χ2n) is 7.25. The summed E-state index contributed by atoms with van der Waals surface area (Å²) in [6.45, 7) is 4.11. The lowest BCUT2D eigenvalue weighted by Gasteiger charge is -2.26. The zero-order chi connectivity index (χ0) is 19.8. The van der Waals surface area contributed by atoms with Crippen molar-refractivity contribution < 1.29 is 23.4 Å². The number of benzene rings is 1. The van der Waals surface area contributed by atoms with Crippen molar-refractivity contribution in [2.45, 2.75) is 50.8 Å². The fraction of sp³-hybridized carbons (Fsp3) is 0.474. The van der Waals surface area contributed by atoms with E-state index in [-0.39, 0.29) is 11.5 Å². The van der Waals surface area contributed by atoms with E-state index >= 15 is 0 Å². The van der Waals surface area contributed by atoms with E-state index in [1.807, 2.05) is 18.4 Å². The molecule has 0 fully saturated rings. The van der Waals surface area contributed by atoms with Crippen molar-refractivity contribution in [3.05, 3.63) is 53.1 Å². The number of hydrogen-bond acceptors (Lipinski definition) is 3. The number of carbonyl (C=O) groups is 1. The van der Waals surface area contributed by atoms with Crippen molar-refractivity contribution in [3.63, 3.8) is 0 Å². The Balaban J connectivity index is 2.07. The molecule has 0 spiro atoms. The first-order valence-electron chi connectivity index (χ1n) is 8.79.